The molecule has 0 spiro atoms. The van der Waals surface area contributed by atoms with Crippen molar-refractivity contribution in [1.29, 1.82) is 0 Å². The fourth-order valence-corrected chi connectivity index (χ4v) is 3.04. The number of thiazole rings is 1. The number of alkyl halides is 2. The van der Waals surface area contributed by atoms with E-state index >= 15 is 0 Å². The minimum Gasteiger partial charge on any atom is -0.434 e. The number of ether oxygens (including phenoxy) is 1. The first-order valence-electron chi connectivity index (χ1n) is 7.56. The lowest BCUT2D eigenvalue weighted by molar-refractivity contribution is -0.115. The van der Waals surface area contributed by atoms with Crippen molar-refractivity contribution in [3.63, 3.8) is 0 Å². The van der Waals surface area contributed by atoms with Gasteiger partial charge in [-0.2, -0.15) is 8.78 Å². The fourth-order valence-electron chi connectivity index (χ4n) is 2.31. The van der Waals surface area contributed by atoms with Gasteiger partial charge in [-0.05, 0) is 23.8 Å². The molecule has 0 saturated heterocycles. The molecule has 2 aromatic carbocycles. The van der Waals surface area contributed by atoms with Gasteiger partial charge >= 0.3 is 6.61 Å². The SMILES string of the molecule is O=C(Cc1ccccc1F)Nc1nc(-c2ccccc2OC(F)F)cs1. The summed E-state index contributed by atoms with van der Waals surface area (Å²) in [6, 6.07) is 12.3. The number of nitrogens with one attached hydrogen (secondary N) is 1. The zero-order valence-corrected chi connectivity index (χ0v) is 14.1. The molecule has 3 aromatic rings. The van der Waals surface area contributed by atoms with Crippen molar-refractivity contribution in [3.05, 3.63) is 65.3 Å². The number of nitrogens with zero attached hydrogens (tertiary/aromatic N) is 1. The van der Waals surface area contributed by atoms with Gasteiger partial charge in [-0.25, -0.2) is 9.37 Å². The predicted molar refractivity (Wildman–Crippen MR) is 92.9 cm³/mol. The lowest BCUT2D eigenvalue weighted by Gasteiger charge is -2.08. The second-order valence-corrected chi connectivity index (χ2v) is 6.09. The first kappa shape index (κ1) is 17.9. The molecule has 1 aromatic heterocycles. The lowest BCUT2D eigenvalue weighted by Crippen LogP contribution is -2.15. The molecule has 1 heterocycles. The Labute approximate surface area is 151 Å². The number of hydrogen-bond acceptors (Lipinski definition) is 4. The molecular formula is C18H13F3N2O2S. The standard InChI is InChI=1S/C18H13F3N2O2S/c19-13-7-3-1-5-11(13)9-16(24)23-18-22-14(10-26-18)12-6-2-4-8-15(12)25-17(20)21/h1-8,10,17H,9H2,(H,22,23,24). The Morgan fingerprint density at radius 2 is 1.88 bits per heavy atom. The van der Waals surface area contributed by atoms with E-state index in [-0.39, 0.29) is 22.9 Å². The molecule has 0 radical (unpaired) electrons. The Balaban J connectivity index is 1.73. The monoisotopic (exact) mass is 378 g/mol. The molecule has 0 atom stereocenters. The highest BCUT2D eigenvalue weighted by Crippen LogP contribution is 2.33. The minimum absolute atomic E-state index is 0.00275. The van der Waals surface area contributed by atoms with Crippen LogP contribution in [0.4, 0.5) is 18.3 Å². The van der Waals surface area contributed by atoms with E-state index in [2.05, 4.69) is 15.0 Å². The van der Waals surface area contributed by atoms with E-state index < -0.39 is 18.3 Å². The molecule has 0 bridgehead atoms. The second kappa shape index (κ2) is 8.01. The topological polar surface area (TPSA) is 51.2 Å². The number of aromatic nitrogens is 1. The van der Waals surface area contributed by atoms with Gasteiger partial charge in [-0.15, -0.1) is 11.3 Å². The highest BCUT2D eigenvalue weighted by molar-refractivity contribution is 7.14. The molecule has 134 valence electrons. The zero-order chi connectivity index (χ0) is 18.5. The van der Waals surface area contributed by atoms with Crippen LogP contribution in [0.25, 0.3) is 11.3 Å². The van der Waals surface area contributed by atoms with Crippen LogP contribution in [0.3, 0.4) is 0 Å². The van der Waals surface area contributed by atoms with Crippen molar-refractivity contribution in [1.82, 2.24) is 4.98 Å². The summed E-state index contributed by atoms with van der Waals surface area (Å²) in [4.78, 5) is 16.3. The maximum absolute atomic E-state index is 13.6. The normalized spacial score (nSPS) is 10.8. The van der Waals surface area contributed by atoms with Crippen LogP contribution in [0.5, 0.6) is 5.75 Å². The van der Waals surface area contributed by atoms with Gasteiger partial charge in [0, 0.05) is 10.9 Å². The van der Waals surface area contributed by atoms with Gasteiger partial charge in [0.2, 0.25) is 5.91 Å². The molecule has 8 heteroatoms. The van der Waals surface area contributed by atoms with E-state index in [0.29, 0.717) is 11.3 Å². The number of carbonyl (C=O) groups is 1. The van der Waals surface area contributed by atoms with Crippen molar-refractivity contribution in [2.45, 2.75) is 13.0 Å². The van der Waals surface area contributed by atoms with Crippen molar-refractivity contribution >= 4 is 22.4 Å². The molecule has 0 unspecified atom stereocenters. The van der Waals surface area contributed by atoms with E-state index in [9.17, 15) is 18.0 Å². The van der Waals surface area contributed by atoms with E-state index in [1.807, 2.05) is 0 Å². The third kappa shape index (κ3) is 4.40. The maximum Gasteiger partial charge on any atom is 0.387 e. The number of para-hydroxylation sites is 1. The maximum atomic E-state index is 13.6. The van der Waals surface area contributed by atoms with Gasteiger partial charge < -0.3 is 10.1 Å². The number of benzene rings is 2. The van der Waals surface area contributed by atoms with Gasteiger partial charge in [0.25, 0.3) is 0 Å². The van der Waals surface area contributed by atoms with Crippen LogP contribution in [0.2, 0.25) is 0 Å². The van der Waals surface area contributed by atoms with Crippen molar-refractivity contribution in [2.24, 2.45) is 0 Å². The van der Waals surface area contributed by atoms with Gasteiger partial charge in [0.05, 0.1) is 12.1 Å². The van der Waals surface area contributed by atoms with Crippen molar-refractivity contribution < 1.29 is 22.7 Å². The number of amides is 1. The Kier molecular flexibility index (Phi) is 5.52. The summed E-state index contributed by atoms with van der Waals surface area (Å²) >= 11 is 1.14. The van der Waals surface area contributed by atoms with Crippen molar-refractivity contribution in [2.75, 3.05) is 5.32 Å². The number of rotatable bonds is 6. The number of anilines is 1. The predicted octanol–water partition coefficient (Wildman–Crippen LogP) is 4.73. The summed E-state index contributed by atoms with van der Waals surface area (Å²) < 4.78 is 43.1. The molecule has 1 N–H and O–H groups in total. The number of carbonyl (C=O) groups excluding carboxylic acids is 1. The highest BCUT2D eigenvalue weighted by atomic mass is 32.1. The second-order valence-electron chi connectivity index (χ2n) is 5.23. The molecule has 4 nitrogen and oxygen atoms in total. The van der Waals surface area contributed by atoms with E-state index in [0.717, 1.165) is 11.3 Å². The van der Waals surface area contributed by atoms with Crippen LogP contribution in [0.1, 0.15) is 5.56 Å². The van der Waals surface area contributed by atoms with E-state index in [1.165, 1.54) is 18.2 Å². The average molecular weight is 378 g/mol. The minimum atomic E-state index is -2.95. The van der Waals surface area contributed by atoms with Gasteiger partial charge in [-0.1, -0.05) is 30.3 Å². The van der Waals surface area contributed by atoms with Crippen molar-refractivity contribution in [3.8, 4) is 17.0 Å². The van der Waals surface area contributed by atoms with Crippen LogP contribution in [-0.2, 0) is 11.2 Å². The summed E-state index contributed by atoms with van der Waals surface area (Å²) in [6.07, 6.45) is -0.132. The molecule has 0 fully saturated rings. The van der Waals surface area contributed by atoms with Crippen LogP contribution in [0, 0.1) is 5.82 Å². The molecule has 0 aliphatic rings. The molecule has 0 aliphatic heterocycles. The summed E-state index contributed by atoms with van der Waals surface area (Å²) in [5.74, 6) is -0.884. The largest absolute Gasteiger partial charge is 0.434 e. The summed E-state index contributed by atoms with van der Waals surface area (Å²) in [5, 5.41) is 4.48. The third-order valence-electron chi connectivity index (χ3n) is 3.44. The van der Waals surface area contributed by atoms with E-state index in [1.54, 1.807) is 35.7 Å². The highest BCUT2D eigenvalue weighted by Gasteiger charge is 2.15. The number of hydrogen-bond donors (Lipinski definition) is 1. The Morgan fingerprint density at radius 1 is 1.15 bits per heavy atom. The molecule has 1 amide bonds. The lowest BCUT2D eigenvalue weighted by atomic mass is 10.1. The summed E-state index contributed by atoms with van der Waals surface area (Å²) in [7, 11) is 0. The summed E-state index contributed by atoms with van der Waals surface area (Å²) in [5.41, 5.74) is 1.06. The first-order valence-corrected chi connectivity index (χ1v) is 8.44. The third-order valence-corrected chi connectivity index (χ3v) is 4.20. The van der Waals surface area contributed by atoms with Gasteiger partial charge in [0.15, 0.2) is 5.13 Å². The molecule has 26 heavy (non-hydrogen) atoms. The van der Waals surface area contributed by atoms with Gasteiger partial charge in [0.1, 0.15) is 11.6 Å². The quantitative estimate of drug-likeness (QED) is 0.675. The van der Waals surface area contributed by atoms with Gasteiger partial charge in [-0.3, -0.25) is 4.79 Å². The van der Waals surface area contributed by atoms with E-state index in [4.69, 9.17) is 0 Å². The molecule has 0 saturated carbocycles. The Hall–Kier alpha value is -2.87. The Bertz CT molecular complexity index is 915. The summed E-state index contributed by atoms with van der Waals surface area (Å²) in [6.45, 7) is -2.95. The van der Waals surface area contributed by atoms with Crippen LogP contribution in [0.15, 0.2) is 53.9 Å². The molecule has 3 rings (SSSR count). The van der Waals surface area contributed by atoms with Crippen LogP contribution < -0.4 is 10.1 Å². The van der Waals surface area contributed by atoms with Crippen LogP contribution >= 0.6 is 11.3 Å². The Morgan fingerprint density at radius 3 is 2.65 bits per heavy atom. The average Bonchev–Trinajstić information content (AvgIpc) is 3.05. The number of halogens is 3. The zero-order valence-electron chi connectivity index (χ0n) is 13.3. The molecule has 0 aliphatic carbocycles. The first-order chi connectivity index (χ1) is 12.5. The van der Waals surface area contributed by atoms with Crippen LogP contribution in [-0.4, -0.2) is 17.5 Å². The smallest absolute Gasteiger partial charge is 0.387 e. The molecular weight excluding hydrogens is 365 g/mol. The fraction of sp³-hybridized carbons (Fsp3) is 0.111.